The topological polar surface area (TPSA) is 61.4 Å². The van der Waals surface area contributed by atoms with Crippen LogP contribution >= 0.6 is 11.3 Å². The van der Waals surface area contributed by atoms with Crippen molar-refractivity contribution in [2.45, 2.75) is 50.6 Å². The van der Waals surface area contributed by atoms with E-state index in [2.05, 4.69) is 22.1 Å². The lowest BCUT2D eigenvalue weighted by Crippen LogP contribution is -2.62. The summed E-state index contributed by atoms with van der Waals surface area (Å²) in [6.07, 6.45) is 7.31. The van der Waals surface area contributed by atoms with Gasteiger partial charge in [0, 0.05) is 12.1 Å². The second kappa shape index (κ2) is 6.72. The van der Waals surface area contributed by atoms with E-state index in [-0.39, 0.29) is 24.0 Å². The normalized spacial score (nSPS) is 32.8. The number of hydrogen-bond donors (Lipinski definition) is 2. The van der Waals surface area contributed by atoms with Crippen molar-refractivity contribution in [2.75, 3.05) is 13.6 Å². The predicted octanol–water partition coefficient (Wildman–Crippen LogP) is 2.97. The second-order valence-corrected chi connectivity index (χ2v) is 9.28. The van der Waals surface area contributed by atoms with E-state index in [4.69, 9.17) is 0 Å². The molecule has 4 aliphatic rings. The molecular formula is C19H27N3O2S. The minimum absolute atomic E-state index is 0.0539. The summed E-state index contributed by atoms with van der Waals surface area (Å²) in [4.78, 5) is 26.5. The van der Waals surface area contributed by atoms with Gasteiger partial charge in [0.05, 0.1) is 6.54 Å². The number of likely N-dealkylation sites (N-methyl/N-ethyl adjacent to an activating group) is 1. The summed E-state index contributed by atoms with van der Waals surface area (Å²) in [7, 11) is 1.90. The smallest absolute Gasteiger partial charge is 0.321 e. The highest BCUT2D eigenvalue weighted by atomic mass is 32.1. The van der Waals surface area contributed by atoms with Crippen molar-refractivity contribution in [1.29, 1.82) is 0 Å². The Morgan fingerprint density at radius 2 is 1.84 bits per heavy atom. The molecular weight excluding hydrogens is 334 g/mol. The molecule has 25 heavy (non-hydrogen) atoms. The monoisotopic (exact) mass is 361 g/mol. The average Bonchev–Trinajstić information content (AvgIpc) is 2.97. The van der Waals surface area contributed by atoms with Crippen LogP contribution in [0.15, 0.2) is 16.8 Å². The van der Waals surface area contributed by atoms with E-state index in [0.29, 0.717) is 6.54 Å². The molecule has 4 bridgehead atoms. The first-order chi connectivity index (χ1) is 12.0. The Kier molecular flexibility index (Phi) is 4.58. The molecule has 5 rings (SSSR count). The van der Waals surface area contributed by atoms with Gasteiger partial charge in [0.1, 0.15) is 0 Å². The number of carbonyl (C=O) groups excluding carboxylic acids is 2. The molecule has 0 spiro atoms. The zero-order chi connectivity index (χ0) is 17.4. The van der Waals surface area contributed by atoms with Gasteiger partial charge in [-0.2, -0.15) is 11.3 Å². The Hall–Kier alpha value is -1.40. The van der Waals surface area contributed by atoms with Crippen molar-refractivity contribution in [3.05, 3.63) is 22.4 Å². The van der Waals surface area contributed by atoms with E-state index in [9.17, 15) is 9.59 Å². The number of nitrogens with zero attached hydrogens (tertiary/aromatic N) is 1. The minimum Gasteiger partial charge on any atom is -0.332 e. The predicted molar refractivity (Wildman–Crippen MR) is 98.2 cm³/mol. The molecule has 136 valence electrons. The number of urea groups is 1. The van der Waals surface area contributed by atoms with Crippen LogP contribution in [0.3, 0.4) is 0 Å². The number of imide groups is 1. The molecule has 0 unspecified atom stereocenters. The van der Waals surface area contributed by atoms with Crippen molar-refractivity contribution < 1.29 is 9.59 Å². The Bertz CT molecular complexity index is 608. The Morgan fingerprint density at radius 3 is 2.40 bits per heavy atom. The largest absolute Gasteiger partial charge is 0.332 e. The molecule has 0 aliphatic heterocycles. The molecule has 4 aliphatic carbocycles. The van der Waals surface area contributed by atoms with Crippen LogP contribution in [-0.2, 0) is 11.3 Å². The zero-order valence-electron chi connectivity index (χ0n) is 14.8. The van der Waals surface area contributed by atoms with Crippen LogP contribution in [-0.4, -0.2) is 36.0 Å². The summed E-state index contributed by atoms with van der Waals surface area (Å²) in [5.41, 5.74) is 1.14. The quantitative estimate of drug-likeness (QED) is 0.848. The number of nitrogens with one attached hydrogen (secondary N) is 2. The molecule has 3 amide bonds. The molecule has 1 aromatic rings. The van der Waals surface area contributed by atoms with Crippen LogP contribution in [0.4, 0.5) is 4.79 Å². The maximum Gasteiger partial charge on any atom is 0.321 e. The Morgan fingerprint density at radius 1 is 1.20 bits per heavy atom. The molecule has 5 nitrogen and oxygen atoms in total. The Balaban J connectivity index is 1.26. The third-order valence-electron chi connectivity index (χ3n) is 6.12. The van der Waals surface area contributed by atoms with E-state index in [1.165, 1.54) is 24.8 Å². The molecule has 4 fully saturated rings. The molecule has 0 saturated heterocycles. The molecule has 4 saturated carbocycles. The van der Waals surface area contributed by atoms with Crippen LogP contribution in [0.25, 0.3) is 0 Å². The molecule has 0 aromatic carbocycles. The van der Waals surface area contributed by atoms with Crippen molar-refractivity contribution in [2.24, 2.45) is 17.8 Å². The van der Waals surface area contributed by atoms with E-state index >= 15 is 0 Å². The number of hydrogen-bond acceptors (Lipinski definition) is 4. The van der Waals surface area contributed by atoms with E-state index < -0.39 is 0 Å². The van der Waals surface area contributed by atoms with E-state index in [1.807, 2.05) is 17.3 Å². The van der Waals surface area contributed by atoms with Crippen molar-refractivity contribution in [3.63, 3.8) is 0 Å². The third-order valence-corrected chi connectivity index (χ3v) is 6.85. The standard InChI is InChI=1S/C19H27N3O2S/c1-22(10-13-2-3-25-12-13)11-17(23)20-18(24)21-19-7-14-4-15(8-19)6-16(5-14)9-19/h2-3,12,14-16H,4-11H2,1H3,(H2,20,21,23,24). The summed E-state index contributed by atoms with van der Waals surface area (Å²) in [6.45, 7) is 0.942. The van der Waals surface area contributed by atoms with Crippen LogP contribution < -0.4 is 10.6 Å². The highest BCUT2D eigenvalue weighted by Gasteiger charge is 2.51. The van der Waals surface area contributed by atoms with Crippen molar-refractivity contribution in [1.82, 2.24) is 15.5 Å². The average molecular weight is 362 g/mol. The molecule has 1 heterocycles. The van der Waals surface area contributed by atoms with Gasteiger partial charge in [-0.05, 0) is 85.7 Å². The second-order valence-electron chi connectivity index (χ2n) is 8.50. The van der Waals surface area contributed by atoms with Crippen LogP contribution in [0.2, 0.25) is 0 Å². The zero-order valence-corrected chi connectivity index (χ0v) is 15.6. The van der Waals surface area contributed by atoms with Crippen LogP contribution in [0, 0.1) is 17.8 Å². The van der Waals surface area contributed by atoms with Gasteiger partial charge in [-0.1, -0.05) is 0 Å². The van der Waals surface area contributed by atoms with Crippen molar-refractivity contribution >= 4 is 23.3 Å². The van der Waals surface area contributed by atoms with Gasteiger partial charge >= 0.3 is 6.03 Å². The highest BCUT2D eigenvalue weighted by Crippen LogP contribution is 2.55. The first kappa shape index (κ1) is 17.0. The lowest BCUT2D eigenvalue weighted by atomic mass is 9.53. The lowest BCUT2D eigenvalue weighted by Gasteiger charge is -2.56. The minimum atomic E-state index is -0.309. The van der Waals surface area contributed by atoms with Crippen molar-refractivity contribution in [3.8, 4) is 0 Å². The highest BCUT2D eigenvalue weighted by molar-refractivity contribution is 7.07. The molecule has 6 heteroatoms. The van der Waals surface area contributed by atoms with Gasteiger partial charge in [0.25, 0.3) is 0 Å². The lowest BCUT2D eigenvalue weighted by molar-refractivity contribution is -0.121. The SMILES string of the molecule is CN(CC(=O)NC(=O)NC12CC3CC(CC(C3)C1)C2)Cc1ccsc1. The molecule has 0 radical (unpaired) electrons. The van der Waals surface area contributed by atoms with Gasteiger partial charge in [0.15, 0.2) is 0 Å². The fraction of sp³-hybridized carbons (Fsp3) is 0.684. The number of amides is 3. The Labute approximate surface area is 153 Å². The summed E-state index contributed by atoms with van der Waals surface area (Å²) in [6, 6.07) is 1.75. The summed E-state index contributed by atoms with van der Waals surface area (Å²) in [5.74, 6) is 2.09. The van der Waals surface area contributed by atoms with Crippen LogP contribution in [0.5, 0.6) is 0 Å². The maximum atomic E-state index is 12.4. The van der Waals surface area contributed by atoms with Gasteiger partial charge in [-0.15, -0.1) is 0 Å². The summed E-state index contributed by atoms with van der Waals surface area (Å²) >= 11 is 1.65. The first-order valence-corrected chi connectivity index (χ1v) is 10.3. The van der Waals surface area contributed by atoms with Gasteiger partial charge in [-0.3, -0.25) is 15.0 Å². The third kappa shape index (κ3) is 3.90. The van der Waals surface area contributed by atoms with E-state index in [1.54, 1.807) is 11.3 Å². The van der Waals surface area contributed by atoms with Gasteiger partial charge in [-0.25, -0.2) is 4.79 Å². The number of rotatable bonds is 5. The van der Waals surface area contributed by atoms with Gasteiger partial charge < -0.3 is 5.32 Å². The maximum absolute atomic E-state index is 12.4. The number of thiophene rings is 1. The fourth-order valence-corrected chi connectivity index (χ4v) is 6.36. The van der Waals surface area contributed by atoms with Gasteiger partial charge in [0.2, 0.25) is 5.91 Å². The molecule has 2 N–H and O–H groups in total. The fourth-order valence-electron chi connectivity index (χ4n) is 5.70. The summed E-state index contributed by atoms with van der Waals surface area (Å²) in [5, 5.41) is 9.83. The molecule has 1 aromatic heterocycles. The van der Waals surface area contributed by atoms with Crippen LogP contribution in [0.1, 0.15) is 44.1 Å². The molecule has 0 atom stereocenters. The summed E-state index contributed by atoms with van der Waals surface area (Å²) < 4.78 is 0. The first-order valence-electron chi connectivity index (χ1n) is 9.31. The van der Waals surface area contributed by atoms with E-state index in [0.717, 1.165) is 37.0 Å². The number of carbonyl (C=O) groups is 2.